The zero-order chi connectivity index (χ0) is 17.5. The molecule has 0 fully saturated rings. The number of nitrogens with zero attached hydrogens (tertiary/aromatic N) is 2. The Morgan fingerprint density at radius 1 is 1.12 bits per heavy atom. The summed E-state index contributed by atoms with van der Waals surface area (Å²) in [6, 6.07) is 14.1. The largest absolute Gasteiger partial charge is 0.494 e. The first-order chi connectivity index (χ1) is 12.2. The fourth-order valence-electron chi connectivity index (χ4n) is 2.09. The molecular weight excluding hydrogens is 357 g/mol. The number of anilines is 2. The first-order valence-corrected chi connectivity index (χ1v) is 9.68. The molecule has 0 spiro atoms. The first-order valence-electron chi connectivity index (χ1n) is 7.88. The van der Waals surface area contributed by atoms with Crippen molar-refractivity contribution in [3.05, 3.63) is 59.9 Å². The number of thioether (sulfide) groups is 1. The van der Waals surface area contributed by atoms with Gasteiger partial charge in [0.05, 0.1) is 6.61 Å². The lowest BCUT2D eigenvalue weighted by molar-refractivity contribution is 0.318. The van der Waals surface area contributed by atoms with E-state index in [4.69, 9.17) is 4.74 Å². The molecule has 0 aliphatic rings. The Bertz CT molecular complexity index is 808. The maximum atomic E-state index is 12.8. The summed E-state index contributed by atoms with van der Waals surface area (Å²) in [7, 11) is 0. The molecule has 25 heavy (non-hydrogen) atoms. The van der Waals surface area contributed by atoms with E-state index >= 15 is 0 Å². The predicted octanol–water partition coefficient (Wildman–Crippen LogP) is 5.29. The van der Waals surface area contributed by atoms with Crippen LogP contribution in [-0.2, 0) is 0 Å². The van der Waals surface area contributed by atoms with Crippen molar-refractivity contribution in [2.45, 2.75) is 17.7 Å². The molecule has 7 heteroatoms. The van der Waals surface area contributed by atoms with Crippen molar-refractivity contribution in [3.63, 3.8) is 0 Å². The molecule has 1 N–H and O–H groups in total. The summed E-state index contributed by atoms with van der Waals surface area (Å²) in [4.78, 5) is 0. The summed E-state index contributed by atoms with van der Waals surface area (Å²) in [6.07, 6.45) is 0.877. The fourth-order valence-corrected chi connectivity index (χ4v) is 3.83. The summed E-state index contributed by atoms with van der Waals surface area (Å²) in [6.45, 7) is 2.64. The SMILES string of the molecule is Cc1ccccc1Nc1nnc(SCCCOc2ccc(F)cc2)s1. The molecule has 2 aromatic carbocycles. The van der Waals surface area contributed by atoms with Crippen molar-refractivity contribution < 1.29 is 9.13 Å². The van der Waals surface area contributed by atoms with E-state index in [0.717, 1.165) is 27.3 Å². The molecule has 1 aromatic heterocycles. The number of hydrogen-bond acceptors (Lipinski definition) is 6. The molecule has 0 saturated heterocycles. The third-order valence-electron chi connectivity index (χ3n) is 3.39. The highest BCUT2D eigenvalue weighted by Crippen LogP contribution is 2.28. The molecular formula is C18H18FN3OS2. The van der Waals surface area contributed by atoms with E-state index < -0.39 is 0 Å². The van der Waals surface area contributed by atoms with Gasteiger partial charge >= 0.3 is 0 Å². The third-order valence-corrected chi connectivity index (χ3v) is 5.45. The van der Waals surface area contributed by atoms with Crippen LogP contribution in [0.15, 0.2) is 52.9 Å². The Morgan fingerprint density at radius 3 is 2.72 bits per heavy atom. The molecule has 130 valence electrons. The second-order valence-corrected chi connectivity index (χ2v) is 7.64. The number of rotatable bonds is 8. The summed E-state index contributed by atoms with van der Waals surface area (Å²) in [5, 5.41) is 12.5. The van der Waals surface area contributed by atoms with Gasteiger partial charge in [0.1, 0.15) is 11.6 Å². The monoisotopic (exact) mass is 375 g/mol. The number of hydrogen-bond donors (Lipinski definition) is 1. The Labute approximate surface area is 154 Å². The van der Waals surface area contributed by atoms with Crippen molar-refractivity contribution in [2.75, 3.05) is 17.7 Å². The number of aromatic nitrogens is 2. The minimum atomic E-state index is -0.255. The van der Waals surface area contributed by atoms with Gasteiger partial charge in [0.15, 0.2) is 4.34 Å². The van der Waals surface area contributed by atoms with Gasteiger partial charge in [-0.3, -0.25) is 0 Å². The van der Waals surface area contributed by atoms with Crippen molar-refractivity contribution in [1.82, 2.24) is 10.2 Å². The third kappa shape index (κ3) is 5.44. The number of nitrogens with one attached hydrogen (secondary N) is 1. The summed E-state index contributed by atoms with van der Waals surface area (Å²) >= 11 is 3.20. The average Bonchev–Trinajstić information content (AvgIpc) is 3.06. The fraction of sp³-hybridized carbons (Fsp3) is 0.222. The minimum absolute atomic E-state index is 0.255. The van der Waals surface area contributed by atoms with Gasteiger partial charge in [0, 0.05) is 11.4 Å². The lowest BCUT2D eigenvalue weighted by Gasteiger charge is -2.05. The van der Waals surface area contributed by atoms with Crippen LogP contribution >= 0.6 is 23.1 Å². The van der Waals surface area contributed by atoms with E-state index in [-0.39, 0.29) is 5.82 Å². The van der Waals surface area contributed by atoms with E-state index in [1.54, 1.807) is 23.9 Å². The van der Waals surface area contributed by atoms with Crippen LogP contribution in [0.2, 0.25) is 0 Å². The number of halogens is 1. The molecule has 0 unspecified atom stereocenters. The molecule has 0 aliphatic carbocycles. The molecule has 0 radical (unpaired) electrons. The maximum absolute atomic E-state index is 12.8. The number of benzene rings is 2. The van der Waals surface area contributed by atoms with E-state index in [1.807, 2.05) is 18.2 Å². The molecule has 0 saturated carbocycles. The topological polar surface area (TPSA) is 47.0 Å². The van der Waals surface area contributed by atoms with Gasteiger partial charge in [0.2, 0.25) is 5.13 Å². The van der Waals surface area contributed by atoms with Gasteiger partial charge < -0.3 is 10.1 Å². The normalized spacial score (nSPS) is 10.6. The number of aryl methyl sites for hydroxylation is 1. The zero-order valence-electron chi connectivity index (χ0n) is 13.7. The predicted molar refractivity (Wildman–Crippen MR) is 102 cm³/mol. The molecule has 3 aromatic rings. The van der Waals surface area contributed by atoms with Crippen LogP contribution in [0, 0.1) is 12.7 Å². The Kier molecular flexibility index (Phi) is 6.25. The highest BCUT2D eigenvalue weighted by Gasteiger charge is 2.06. The first kappa shape index (κ1) is 17.7. The highest BCUT2D eigenvalue weighted by molar-refractivity contribution is 8.01. The van der Waals surface area contributed by atoms with E-state index in [1.165, 1.54) is 29.0 Å². The smallest absolute Gasteiger partial charge is 0.210 e. The van der Waals surface area contributed by atoms with Crippen molar-refractivity contribution in [2.24, 2.45) is 0 Å². The zero-order valence-corrected chi connectivity index (χ0v) is 15.4. The van der Waals surface area contributed by atoms with Crippen molar-refractivity contribution in [1.29, 1.82) is 0 Å². The second-order valence-electron chi connectivity index (χ2n) is 5.32. The summed E-state index contributed by atoms with van der Waals surface area (Å²) in [5.41, 5.74) is 2.22. The Balaban J connectivity index is 1.40. The number of ether oxygens (including phenoxy) is 1. The van der Waals surface area contributed by atoms with Crippen LogP contribution in [0.5, 0.6) is 5.75 Å². The Morgan fingerprint density at radius 2 is 1.92 bits per heavy atom. The van der Waals surface area contributed by atoms with Gasteiger partial charge in [-0.15, -0.1) is 10.2 Å². The van der Waals surface area contributed by atoms with Crippen LogP contribution in [-0.4, -0.2) is 22.6 Å². The van der Waals surface area contributed by atoms with Crippen molar-refractivity contribution >= 4 is 33.9 Å². The van der Waals surface area contributed by atoms with Crippen LogP contribution in [0.4, 0.5) is 15.2 Å². The van der Waals surface area contributed by atoms with Gasteiger partial charge in [-0.1, -0.05) is 41.3 Å². The molecule has 0 bridgehead atoms. The molecule has 0 amide bonds. The van der Waals surface area contributed by atoms with Crippen LogP contribution in [0.1, 0.15) is 12.0 Å². The molecule has 1 heterocycles. The van der Waals surface area contributed by atoms with Gasteiger partial charge in [0.25, 0.3) is 0 Å². The average molecular weight is 375 g/mol. The Hall–Kier alpha value is -2.12. The van der Waals surface area contributed by atoms with E-state index in [9.17, 15) is 4.39 Å². The lowest BCUT2D eigenvalue weighted by Crippen LogP contribution is -1.98. The summed E-state index contributed by atoms with van der Waals surface area (Å²) < 4.78 is 19.3. The maximum Gasteiger partial charge on any atom is 0.210 e. The van der Waals surface area contributed by atoms with Gasteiger partial charge in [-0.25, -0.2) is 4.39 Å². The molecule has 3 rings (SSSR count). The second kappa shape index (κ2) is 8.82. The van der Waals surface area contributed by atoms with Gasteiger partial charge in [-0.05, 0) is 49.2 Å². The van der Waals surface area contributed by atoms with E-state index in [2.05, 4.69) is 28.5 Å². The van der Waals surface area contributed by atoms with Gasteiger partial charge in [-0.2, -0.15) is 0 Å². The van der Waals surface area contributed by atoms with Crippen LogP contribution in [0.3, 0.4) is 0 Å². The highest BCUT2D eigenvalue weighted by atomic mass is 32.2. The quantitative estimate of drug-likeness (QED) is 0.428. The minimum Gasteiger partial charge on any atom is -0.494 e. The molecule has 0 atom stereocenters. The van der Waals surface area contributed by atoms with Crippen LogP contribution in [0.25, 0.3) is 0 Å². The summed E-state index contributed by atoms with van der Waals surface area (Å²) in [5.74, 6) is 1.32. The lowest BCUT2D eigenvalue weighted by atomic mass is 10.2. The molecule has 0 aliphatic heterocycles. The molecule has 4 nitrogen and oxygen atoms in total. The standard InChI is InChI=1S/C18H18FN3OS2/c1-13-5-2-3-6-16(13)20-17-21-22-18(25-17)24-12-4-11-23-15-9-7-14(19)8-10-15/h2-3,5-10H,4,11-12H2,1H3,(H,20,21). The van der Waals surface area contributed by atoms with Crippen LogP contribution < -0.4 is 10.1 Å². The van der Waals surface area contributed by atoms with Crippen molar-refractivity contribution in [3.8, 4) is 5.75 Å². The number of para-hydroxylation sites is 1. The van der Waals surface area contributed by atoms with E-state index in [0.29, 0.717) is 12.4 Å².